The van der Waals surface area contributed by atoms with Crippen LogP contribution in [0.3, 0.4) is 0 Å². The average Bonchev–Trinajstić information content (AvgIpc) is 3.39. The predicted molar refractivity (Wildman–Crippen MR) is 302 cm³/mol. The standard InChI is InChI=1S/C64H90N2O6/c1-7-13-19-25-37-67-55-32-35-61(69-39-27-21-15-9-3)58(47-55)53(49-65)43-51-44-60-57(63(45-51)71-41-29-23-17-11-5)34-31-52(64(60)72-42-30-24-18-12-6)46-54(50-66)59-48-56(68-38-26-20-14-8-2)33-36-62(59)70-40-28-22-16-10-4/h31-36,43-48H,7-30,37-42H2,1-6H3/b53-43+,54-46+. The lowest BCUT2D eigenvalue weighted by Crippen LogP contribution is -2.03. The highest BCUT2D eigenvalue weighted by Gasteiger charge is 2.19. The zero-order valence-corrected chi connectivity index (χ0v) is 45.5. The van der Waals surface area contributed by atoms with Crippen LogP contribution in [0, 0.1) is 22.7 Å². The number of nitrogens with zero attached hydrogens (tertiary/aromatic N) is 2. The number of hydrogen-bond acceptors (Lipinski definition) is 8. The van der Waals surface area contributed by atoms with Crippen LogP contribution < -0.4 is 28.4 Å². The third-order valence-electron chi connectivity index (χ3n) is 13.0. The summed E-state index contributed by atoms with van der Waals surface area (Å²) in [4.78, 5) is 0. The van der Waals surface area contributed by atoms with Crippen LogP contribution in [0.4, 0.5) is 0 Å². The lowest BCUT2D eigenvalue weighted by atomic mass is 9.96. The van der Waals surface area contributed by atoms with E-state index in [0.717, 1.165) is 169 Å². The lowest BCUT2D eigenvalue weighted by molar-refractivity contribution is 0.296. The molecule has 0 saturated carbocycles. The van der Waals surface area contributed by atoms with Gasteiger partial charge in [-0.3, -0.25) is 0 Å². The minimum atomic E-state index is 0.454. The molecule has 0 atom stereocenters. The smallest absolute Gasteiger partial charge is 0.134 e. The Kier molecular flexibility index (Phi) is 29.8. The average molecular weight is 983 g/mol. The molecule has 0 unspecified atom stereocenters. The maximum Gasteiger partial charge on any atom is 0.134 e. The summed E-state index contributed by atoms with van der Waals surface area (Å²) in [5.41, 5.74) is 3.86. The summed E-state index contributed by atoms with van der Waals surface area (Å²) >= 11 is 0. The Bertz CT molecular complexity index is 2300. The van der Waals surface area contributed by atoms with Gasteiger partial charge in [0.15, 0.2) is 0 Å². The number of rotatable bonds is 40. The van der Waals surface area contributed by atoms with Crippen molar-refractivity contribution in [3.63, 3.8) is 0 Å². The Morgan fingerprint density at radius 3 is 1.18 bits per heavy atom. The van der Waals surface area contributed by atoms with Crippen LogP contribution >= 0.6 is 0 Å². The van der Waals surface area contributed by atoms with E-state index in [1.165, 1.54) is 12.8 Å². The Labute approximate surface area is 436 Å². The molecule has 392 valence electrons. The van der Waals surface area contributed by atoms with Gasteiger partial charge in [-0.1, -0.05) is 163 Å². The molecule has 0 radical (unpaired) electrons. The van der Waals surface area contributed by atoms with Gasteiger partial charge in [0, 0.05) is 27.5 Å². The van der Waals surface area contributed by atoms with E-state index in [9.17, 15) is 10.5 Å². The van der Waals surface area contributed by atoms with Crippen molar-refractivity contribution in [1.29, 1.82) is 10.5 Å². The zero-order valence-electron chi connectivity index (χ0n) is 45.5. The first-order valence-corrected chi connectivity index (χ1v) is 28.3. The first-order chi connectivity index (χ1) is 35.4. The number of benzene rings is 4. The Morgan fingerprint density at radius 1 is 0.375 bits per heavy atom. The molecule has 4 rings (SSSR count). The number of fused-ring (bicyclic) bond motifs is 1. The van der Waals surface area contributed by atoms with Gasteiger partial charge < -0.3 is 28.4 Å². The van der Waals surface area contributed by atoms with Crippen LogP contribution in [0.15, 0.2) is 60.7 Å². The van der Waals surface area contributed by atoms with Crippen LogP contribution in [0.1, 0.15) is 218 Å². The zero-order chi connectivity index (χ0) is 51.4. The van der Waals surface area contributed by atoms with Gasteiger partial charge in [0.2, 0.25) is 0 Å². The summed E-state index contributed by atoms with van der Waals surface area (Å²) < 4.78 is 39.0. The van der Waals surface area contributed by atoms with Gasteiger partial charge in [0.1, 0.15) is 34.5 Å². The van der Waals surface area contributed by atoms with Gasteiger partial charge in [0.25, 0.3) is 0 Å². The summed E-state index contributed by atoms with van der Waals surface area (Å²) in [7, 11) is 0. The summed E-state index contributed by atoms with van der Waals surface area (Å²) in [6.07, 6.45) is 29.9. The first-order valence-electron chi connectivity index (χ1n) is 28.3. The molecule has 0 bridgehead atoms. The van der Waals surface area contributed by atoms with E-state index in [0.29, 0.717) is 90.7 Å². The number of ether oxygens (including phenoxy) is 6. The molecule has 0 spiro atoms. The molecule has 0 aliphatic rings. The van der Waals surface area contributed by atoms with E-state index in [2.05, 4.69) is 65.8 Å². The molecule has 0 aromatic heterocycles. The van der Waals surface area contributed by atoms with Crippen molar-refractivity contribution >= 4 is 34.1 Å². The van der Waals surface area contributed by atoms with Gasteiger partial charge in [-0.05, 0) is 111 Å². The Morgan fingerprint density at radius 2 is 0.764 bits per heavy atom. The van der Waals surface area contributed by atoms with Crippen molar-refractivity contribution < 1.29 is 28.4 Å². The van der Waals surface area contributed by atoms with E-state index >= 15 is 0 Å². The molecular weight excluding hydrogens is 893 g/mol. The minimum absolute atomic E-state index is 0.454. The summed E-state index contributed by atoms with van der Waals surface area (Å²) in [6, 6.07) is 25.0. The second-order valence-corrected chi connectivity index (χ2v) is 19.2. The second kappa shape index (κ2) is 36.3. The molecule has 4 aromatic rings. The van der Waals surface area contributed by atoms with Crippen molar-refractivity contribution in [3.8, 4) is 46.6 Å². The molecule has 8 heteroatoms. The van der Waals surface area contributed by atoms with Gasteiger partial charge >= 0.3 is 0 Å². The Hall–Kier alpha value is -5.60. The quantitative estimate of drug-likeness (QED) is 0.0247. The fourth-order valence-corrected chi connectivity index (χ4v) is 8.70. The molecular formula is C64H90N2O6. The van der Waals surface area contributed by atoms with Crippen molar-refractivity contribution in [2.24, 2.45) is 0 Å². The maximum atomic E-state index is 11.0. The van der Waals surface area contributed by atoms with Crippen molar-refractivity contribution in [2.45, 2.75) is 196 Å². The number of unbranched alkanes of at least 4 members (excludes halogenated alkanes) is 18. The third kappa shape index (κ3) is 20.9. The molecule has 0 heterocycles. The number of hydrogen-bond donors (Lipinski definition) is 0. The summed E-state index contributed by atoms with van der Waals surface area (Å²) in [5, 5.41) is 23.8. The van der Waals surface area contributed by atoms with Gasteiger partial charge in [-0.2, -0.15) is 10.5 Å². The number of nitriles is 2. The molecule has 0 fully saturated rings. The van der Waals surface area contributed by atoms with Crippen LogP contribution in [-0.4, -0.2) is 39.6 Å². The van der Waals surface area contributed by atoms with Crippen LogP contribution in [-0.2, 0) is 0 Å². The largest absolute Gasteiger partial charge is 0.494 e. The van der Waals surface area contributed by atoms with E-state index in [4.69, 9.17) is 28.4 Å². The summed E-state index contributed by atoms with van der Waals surface area (Å²) in [5.74, 6) is 4.14. The second-order valence-electron chi connectivity index (χ2n) is 19.2. The van der Waals surface area contributed by atoms with Gasteiger partial charge in [-0.15, -0.1) is 0 Å². The monoisotopic (exact) mass is 983 g/mol. The molecule has 0 aliphatic carbocycles. The molecule has 72 heavy (non-hydrogen) atoms. The molecule has 8 nitrogen and oxygen atoms in total. The topological polar surface area (TPSA) is 103 Å². The van der Waals surface area contributed by atoms with Crippen LogP contribution in [0.25, 0.3) is 34.1 Å². The highest BCUT2D eigenvalue weighted by molar-refractivity contribution is 6.02. The van der Waals surface area contributed by atoms with E-state index in [-0.39, 0.29) is 0 Å². The van der Waals surface area contributed by atoms with Crippen molar-refractivity contribution in [3.05, 3.63) is 82.9 Å². The van der Waals surface area contributed by atoms with E-state index in [1.807, 2.05) is 60.7 Å². The fourth-order valence-electron chi connectivity index (χ4n) is 8.70. The van der Waals surface area contributed by atoms with Crippen molar-refractivity contribution in [1.82, 2.24) is 0 Å². The predicted octanol–water partition coefficient (Wildman–Crippen LogP) is 18.7. The lowest BCUT2D eigenvalue weighted by Gasteiger charge is -2.18. The van der Waals surface area contributed by atoms with Gasteiger partial charge in [0.05, 0.1) is 62.9 Å². The minimum Gasteiger partial charge on any atom is -0.494 e. The number of allylic oxidation sites excluding steroid dienone is 2. The normalized spacial score (nSPS) is 11.6. The SMILES string of the molecule is CCCCCCOc1ccc(OCCCCCC)c(/C(C#N)=C/c2cc(OCCCCCC)c3ccc(/C=C(\C#N)c4cc(OCCCCCC)ccc4OCCCCCC)c(OCCCCCC)c3c2)c1. The molecule has 0 saturated heterocycles. The molecule has 0 aliphatic heterocycles. The van der Waals surface area contributed by atoms with Gasteiger partial charge in [-0.25, -0.2) is 0 Å². The van der Waals surface area contributed by atoms with Crippen molar-refractivity contribution in [2.75, 3.05) is 39.6 Å². The van der Waals surface area contributed by atoms with E-state index in [1.54, 1.807) is 0 Å². The molecule has 0 N–H and O–H groups in total. The van der Waals surface area contributed by atoms with Crippen LogP contribution in [0.2, 0.25) is 0 Å². The highest BCUT2D eigenvalue weighted by Crippen LogP contribution is 2.41. The summed E-state index contributed by atoms with van der Waals surface area (Å²) in [6.45, 7) is 16.7. The highest BCUT2D eigenvalue weighted by atomic mass is 16.5. The first kappa shape index (κ1) is 59.0. The maximum absolute atomic E-state index is 11.0. The fraction of sp³-hybridized carbons (Fsp3) is 0.562. The third-order valence-corrected chi connectivity index (χ3v) is 13.0. The molecule has 4 aromatic carbocycles. The Balaban J connectivity index is 1.92. The molecule has 0 amide bonds. The van der Waals surface area contributed by atoms with E-state index < -0.39 is 0 Å². The van der Waals surface area contributed by atoms with Crippen LogP contribution in [0.5, 0.6) is 34.5 Å².